The van der Waals surface area contributed by atoms with Gasteiger partial charge in [0.25, 0.3) is 0 Å². The summed E-state index contributed by atoms with van der Waals surface area (Å²) in [6, 6.07) is 4.57. The third kappa shape index (κ3) is 3.77. The van der Waals surface area contributed by atoms with E-state index in [0.29, 0.717) is 0 Å². The van der Waals surface area contributed by atoms with E-state index in [2.05, 4.69) is 9.47 Å². The Bertz CT molecular complexity index is 307. The number of alkyl halides is 3. The molecule has 1 aromatic rings. The molecule has 0 aromatic heterocycles. The van der Waals surface area contributed by atoms with E-state index in [-0.39, 0.29) is 11.3 Å². The first-order valence-electron chi connectivity index (χ1n) is 3.96. The van der Waals surface area contributed by atoms with Crippen LogP contribution < -0.4 is 4.74 Å². The largest absolute Gasteiger partial charge is 0.573 e. The first-order valence-corrected chi connectivity index (χ1v) is 3.96. The Kier molecular flexibility index (Phi) is 3.54. The lowest BCUT2D eigenvalue weighted by Crippen LogP contribution is -2.17. The predicted octanol–water partition coefficient (Wildman–Crippen LogP) is 2.66. The number of rotatable bonds is 3. The fraction of sp³-hybridized carbons (Fsp3) is 0.333. The molecule has 0 fully saturated rings. The van der Waals surface area contributed by atoms with Crippen molar-refractivity contribution in [3.8, 4) is 5.75 Å². The van der Waals surface area contributed by atoms with Gasteiger partial charge in [0.05, 0.1) is 0 Å². The van der Waals surface area contributed by atoms with Gasteiger partial charge in [0.15, 0.2) is 0 Å². The minimum Gasteiger partial charge on any atom is -0.406 e. The van der Waals surface area contributed by atoms with Crippen LogP contribution in [0.3, 0.4) is 0 Å². The smallest absolute Gasteiger partial charge is 0.406 e. The highest BCUT2D eigenvalue weighted by molar-refractivity contribution is 5.27. The van der Waals surface area contributed by atoms with Crippen LogP contribution in [0.15, 0.2) is 24.3 Å². The molecule has 3 nitrogen and oxygen atoms in total. The number of hydrogen-bond donors (Lipinski definition) is 0. The van der Waals surface area contributed by atoms with E-state index in [0.717, 1.165) is 12.1 Å². The third-order valence-electron chi connectivity index (χ3n) is 1.60. The SMILES string of the molecule is COC([O])c1ccc(OC(F)(F)F)cc1. The van der Waals surface area contributed by atoms with Crippen LogP contribution in [-0.4, -0.2) is 13.5 Å². The second-order valence-corrected chi connectivity index (χ2v) is 2.68. The van der Waals surface area contributed by atoms with Gasteiger partial charge in [-0.05, 0) is 12.1 Å². The summed E-state index contributed by atoms with van der Waals surface area (Å²) in [5.41, 5.74) is 0.243. The maximum absolute atomic E-state index is 11.8. The Morgan fingerprint density at radius 2 is 1.73 bits per heavy atom. The molecule has 0 amide bonds. The van der Waals surface area contributed by atoms with Crippen LogP contribution in [0.5, 0.6) is 5.75 Å². The molecule has 83 valence electrons. The average Bonchev–Trinajstić information content (AvgIpc) is 2.15. The molecular formula is C9H8F3O3. The first kappa shape index (κ1) is 11.8. The van der Waals surface area contributed by atoms with Crippen molar-refractivity contribution < 1.29 is 27.8 Å². The molecule has 0 bridgehead atoms. The fourth-order valence-corrected chi connectivity index (χ4v) is 0.963. The zero-order valence-electron chi connectivity index (χ0n) is 7.75. The Morgan fingerprint density at radius 1 is 1.20 bits per heavy atom. The van der Waals surface area contributed by atoms with E-state index in [1.54, 1.807) is 0 Å². The summed E-state index contributed by atoms with van der Waals surface area (Å²) in [4.78, 5) is 0. The number of ether oxygens (including phenoxy) is 2. The standard InChI is InChI=1S/C9H8F3O3/c1-14-8(13)6-2-4-7(5-3-6)15-9(10,11)12/h2-5,8H,1H3. The normalized spacial score (nSPS) is 13.7. The molecule has 1 aromatic carbocycles. The van der Waals surface area contributed by atoms with E-state index in [9.17, 15) is 18.3 Å². The van der Waals surface area contributed by atoms with Crippen LogP contribution in [0, 0.1) is 0 Å². The Morgan fingerprint density at radius 3 is 2.13 bits per heavy atom. The van der Waals surface area contributed by atoms with Gasteiger partial charge in [-0.25, -0.2) is 0 Å². The van der Waals surface area contributed by atoms with Crippen LogP contribution in [0.25, 0.3) is 0 Å². The van der Waals surface area contributed by atoms with Crippen molar-refractivity contribution >= 4 is 0 Å². The fourth-order valence-electron chi connectivity index (χ4n) is 0.963. The number of halogens is 3. The van der Waals surface area contributed by atoms with Crippen LogP contribution in [0.4, 0.5) is 13.2 Å². The molecule has 1 unspecified atom stereocenters. The van der Waals surface area contributed by atoms with Crippen LogP contribution in [0.1, 0.15) is 11.9 Å². The lowest BCUT2D eigenvalue weighted by molar-refractivity contribution is -0.274. The quantitative estimate of drug-likeness (QED) is 0.736. The van der Waals surface area contributed by atoms with Crippen molar-refractivity contribution in [3.63, 3.8) is 0 Å². The molecule has 0 aliphatic heterocycles. The topological polar surface area (TPSA) is 38.4 Å². The number of hydrogen-bond acceptors (Lipinski definition) is 2. The van der Waals surface area contributed by atoms with Crippen molar-refractivity contribution in [2.24, 2.45) is 0 Å². The summed E-state index contributed by atoms with van der Waals surface area (Å²) < 4.78 is 43.4. The molecule has 0 aliphatic rings. The Hall–Kier alpha value is -1.27. The Balaban J connectivity index is 2.72. The minimum absolute atomic E-state index is 0.243. The monoisotopic (exact) mass is 221 g/mol. The molecule has 0 N–H and O–H groups in total. The molecule has 0 spiro atoms. The summed E-state index contributed by atoms with van der Waals surface area (Å²) in [7, 11) is 1.22. The molecule has 1 atom stereocenters. The maximum atomic E-state index is 11.8. The zero-order chi connectivity index (χ0) is 11.5. The summed E-state index contributed by atoms with van der Waals surface area (Å²) in [6.45, 7) is 0. The highest BCUT2D eigenvalue weighted by Gasteiger charge is 2.31. The van der Waals surface area contributed by atoms with Crippen molar-refractivity contribution in [2.75, 3.05) is 7.11 Å². The van der Waals surface area contributed by atoms with Gasteiger partial charge >= 0.3 is 6.36 Å². The second-order valence-electron chi connectivity index (χ2n) is 2.68. The van der Waals surface area contributed by atoms with Crippen LogP contribution >= 0.6 is 0 Å². The van der Waals surface area contributed by atoms with Gasteiger partial charge in [0.1, 0.15) is 5.75 Å². The van der Waals surface area contributed by atoms with E-state index in [1.807, 2.05) is 0 Å². The van der Waals surface area contributed by atoms with Crippen LogP contribution in [0.2, 0.25) is 0 Å². The third-order valence-corrected chi connectivity index (χ3v) is 1.60. The van der Waals surface area contributed by atoms with Crippen molar-refractivity contribution in [2.45, 2.75) is 12.7 Å². The van der Waals surface area contributed by atoms with Gasteiger partial charge in [-0.2, -0.15) is 5.11 Å². The van der Waals surface area contributed by atoms with Gasteiger partial charge in [-0.15, -0.1) is 13.2 Å². The molecule has 0 aliphatic carbocycles. The van der Waals surface area contributed by atoms with Crippen molar-refractivity contribution in [1.82, 2.24) is 0 Å². The van der Waals surface area contributed by atoms with E-state index >= 15 is 0 Å². The summed E-state index contributed by atoms with van der Waals surface area (Å²) in [5.74, 6) is -0.366. The lowest BCUT2D eigenvalue weighted by Gasteiger charge is -2.10. The summed E-state index contributed by atoms with van der Waals surface area (Å²) in [6.07, 6.45) is -6.12. The zero-order valence-corrected chi connectivity index (χ0v) is 7.75. The highest BCUT2D eigenvalue weighted by Crippen LogP contribution is 2.24. The summed E-state index contributed by atoms with van der Waals surface area (Å²) in [5, 5.41) is 11.0. The average molecular weight is 221 g/mol. The van der Waals surface area contributed by atoms with Gasteiger partial charge in [-0.1, -0.05) is 12.1 Å². The summed E-state index contributed by atoms with van der Waals surface area (Å²) >= 11 is 0. The van der Waals surface area contributed by atoms with Gasteiger partial charge in [-0.3, -0.25) is 0 Å². The number of benzene rings is 1. The molecule has 6 heteroatoms. The Labute approximate surface area is 84.0 Å². The second kappa shape index (κ2) is 4.50. The maximum Gasteiger partial charge on any atom is 0.573 e. The predicted molar refractivity (Wildman–Crippen MR) is 43.6 cm³/mol. The highest BCUT2D eigenvalue weighted by atomic mass is 19.4. The molecule has 1 radical (unpaired) electrons. The molecule has 0 heterocycles. The van der Waals surface area contributed by atoms with Crippen molar-refractivity contribution in [1.29, 1.82) is 0 Å². The lowest BCUT2D eigenvalue weighted by atomic mass is 10.2. The molecular weight excluding hydrogens is 213 g/mol. The van der Waals surface area contributed by atoms with Gasteiger partial charge < -0.3 is 9.47 Å². The van der Waals surface area contributed by atoms with E-state index in [4.69, 9.17) is 0 Å². The van der Waals surface area contributed by atoms with E-state index < -0.39 is 12.7 Å². The molecule has 0 saturated carbocycles. The molecule has 15 heavy (non-hydrogen) atoms. The van der Waals surface area contributed by atoms with Crippen molar-refractivity contribution in [3.05, 3.63) is 29.8 Å². The first-order chi connectivity index (χ1) is 6.92. The molecule has 1 rings (SSSR count). The van der Waals surface area contributed by atoms with Crippen LogP contribution in [-0.2, 0) is 9.84 Å². The number of methoxy groups -OCH3 is 1. The van der Waals surface area contributed by atoms with E-state index in [1.165, 1.54) is 19.2 Å². The van der Waals surface area contributed by atoms with Gasteiger partial charge in [0, 0.05) is 12.7 Å². The minimum atomic E-state index is -4.72. The molecule has 0 saturated heterocycles. The van der Waals surface area contributed by atoms with Gasteiger partial charge in [0.2, 0.25) is 6.29 Å².